The van der Waals surface area contributed by atoms with E-state index >= 15 is 0 Å². The molecule has 1 aromatic heterocycles. The zero-order chi connectivity index (χ0) is 13.2. The van der Waals surface area contributed by atoms with Crippen molar-refractivity contribution in [3.05, 3.63) is 36.2 Å². The number of aromatic nitrogens is 1. The number of ether oxygens (including phenoxy) is 1. The molecular formula is C15H16N2O2. The fourth-order valence-corrected chi connectivity index (χ4v) is 2.46. The van der Waals surface area contributed by atoms with Crippen molar-refractivity contribution in [1.82, 2.24) is 4.98 Å². The van der Waals surface area contributed by atoms with Gasteiger partial charge in [-0.15, -0.1) is 0 Å². The summed E-state index contributed by atoms with van der Waals surface area (Å²) in [5, 5.41) is 5.04. The fourth-order valence-electron chi connectivity index (χ4n) is 2.46. The van der Waals surface area contributed by atoms with Gasteiger partial charge in [0, 0.05) is 35.0 Å². The maximum Gasteiger partial charge on any atom is 0.253 e. The molecule has 1 amide bonds. The monoisotopic (exact) mass is 256 g/mol. The Kier molecular flexibility index (Phi) is 3.17. The molecule has 1 fully saturated rings. The van der Waals surface area contributed by atoms with Crippen LogP contribution in [0.2, 0.25) is 0 Å². The Labute approximate surface area is 111 Å². The molecule has 1 aliphatic heterocycles. The zero-order valence-electron chi connectivity index (χ0n) is 10.8. The quantitative estimate of drug-likeness (QED) is 0.898. The van der Waals surface area contributed by atoms with E-state index in [1.54, 1.807) is 6.20 Å². The summed E-state index contributed by atoms with van der Waals surface area (Å²) in [4.78, 5) is 16.4. The van der Waals surface area contributed by atoms with Gasteiger partial charge in [0.25, 0.3) is 5.91 Å². The van der Waals surface area contributed by atoms with Gasteiger partial charge in [-0.05, 0) is 31.9 Å². The first-order valence-electron chi connectivity index (χ1n) is 6.52. The van der Waals surface area contributed by atoms with Crippen molar-refractivity contribution in [2.24, 2.45) is 0 Å². The van der Waals surface area contributed by atoms with Crippen LogP contribution in [0.25, 0.3) is 10.8 Å². The lowest BCUT2D eigenvalue weighted by Gasteiger charge is -2.12. The first-order valence-corrected chi connectivity index (χ1v) is 6.52. The third kappa shape index (κ3) is 2.31. The lowest BCUT2D eigenvalue weighted by Crippen LogP contribution is -2.26. The highest BCUT2D eigenvalue weighted by Gasteiger charge is 2.23. The van der Waals surface area contributed by atoms with E-state index in [1.165, 1.54) is 0 Å². The van der Waals surface area contributed by atoms with Gasteiger partial charge < -0.3 is 10.1 Å². The smallest absolute Gasteiger partial charge is 0.253 e. The third-order valence-corrected chi connectivity index (χ3v) is 3.49. The second kappa shape index (κ2) is 4.97. The molecule has 1 atom stereocenters. The molecule has 0 spiro atoms. The van der Waals surface area contributed by atoms with Crippen LogP contribution >= 0.6 is 0 Å². The van der Waals surface area contributed by atoms with Crippen LogP contribution in [0.3, 0.4) is 0 Å². The van der Waals surface area contributed by atoms with E-state index in [0.717, 1.165) is 35.0 Å². The molecule has 19 heavy (non-hydrogen) atoms. The van der Waals surface area contributed by atoms with Gasteiger partial charge in [0.1, 0.15) is 6.10 Å². The average molecular weight is 256 g/mol. The molecule has 4 nitrogen and oxygen atoms in total. The normalized spacial score (nSPS) is 18.7. The summed E-state index contributed by atoms with van der Waals surface area (Å²) in [5.74, 6) is -0.0561. The molecule has 0 radical (unpaired) electrons. The fraction of sp³-hybridized carbons (Fsp3) is 0.333. The number of carbonyl (C=O) groups excluding carboxylic acids is 1. The van der Waals surface area contributed by atoms with Crippen molar-refractivity contribution in [2.45, 2.75) is 25.9 Å². The zero-order valence-corrected chi connectivity index (χ0v) is 10.8. The number of nitrogens with zero attached hydrogens (tertiary/aromatic N) is 1. The molecule has 1 aliphatic rings. The predicted octanol–water partition coefficient (Wildman–Crippen LogP) is 2.66. The molecule has 1 unspecified atom stereocenters. The lowest BCUT2D eigenvalue weighted by molar-refractivity contribution is -0.124. The van der Waals surface area contributed by atoms with Gasteiger partial charge in [-0.2, -0.15) is 0 Å². The van der Waals surface area contributed by atoms with Crippen LogP contribution in [-0.2, 0) is 9.53 Å². The van der Waals surface area contributed by atoms with Crippen LogP contribution < -0.4 is 5.32 Å². The molecule has 4 heteroatoms. The highest BCUT2D eigenvalue weighted by atomic mass is 16.5. The largest absolute Gasteiger partial charge is 0.368 e. The maximum absolute atomic E-state index is 12.1. The first-order chi connectivity index (χ1) is 9.25. The number of hydrogen-bond acceptors (Lipinski definition) is 3. The van der Waals surface area contributed by atoms with Gasteiger partial charge in [0.2, 0.25) is 0 Å². The number of aryl methyl sites for hydroxylation is 1. The van der Waals surface area contributed by atoms with Crippen LogP contribution in [-0.4, -0.2) is 23.6 Å². The summed E-state index contributed by atoms with van der Waals surface area (Å²) in [7, 11) is 0. The number of fused-ring (bicyclic) bond motifs is 1. The number of anilines is 1. The molecule has 0 aliphatic carbocycles. The van der Waals surface area contributed by atoms with Gasteiger partial charge in [-0.25, -0.2) is 0 Å². The van der Waals surface area contributed by atoms with Gasteiger partial charge in [-0.1, -0.05) is 12.1 Å². The summed E-state index contributed by atoms with van der Waals surface area (Å²) in [5.41, 5.74) is 1.79. The minimum atomic E-state index is -0.307. The Morgan fingerprint density at radius 3 is 3.05 bits per heavy atom. The van der Waals surface area contributed by atoms with Crippen LogP contribution in [0.4, 0.5) is 5.69 Å². The number of pyridine rings is 1. The van der Waals surface area contributed by atoms with Gasteiger partial charge in [-0.3, -0.25) is 9.78 Å². The molecule has 98 valence electrons. The lowest BCUT2D eigenvalue weighted by atomic mass is 10.1. The molecule has 0 saturated carbocycles. The van der Waals surface area contributed by atoms with Crippen molar-refractivity contribution in [1.29, 1.82) is 0 Å². The number of amides is 1. The van der Waals surface area contributed by atoms with E-state index in [0.29, 0.717) is 6.61 Å². The summed E-state index contributed by atoms with van der Waals surface area (Å²) >= 11 is 0. The predicted molar refractivity (Wildman–Crippen MR) is 74.1 cm³/mol. The second-order valence-electron chi connectivity index (χ2n) is 4.79. The Hall–Kier alpha value is -1.94. The second-order valence-corrected chi connectivity index (χ2v) is 4.79. The van der Waals surface area contributed by atoms with Crippen molar-refractivity contribution in [3.8, 4) is 0 Å². The van der Waals surface area contributed by atoms with Gasteiger partial charge in [0.15, 0.2) is 0 Å². The first kappa shape index (κ1) is 12.1. The van der Waals surface area contributed by atoms with E-state index in [9.17, 15) is 4.79 Å². The summed E-state index contributed by atoms with van der Waals surface area (Å²) < 4.78 is 5.40. The highest BCUT2D eigenvalue weighted by molar-refractivity contribution is 6.04. The van der Waals surface area contributed by atoms with E-state index in [4.69, 9.17) is 4.74 Å². The number of hydrogen-bond donors (Lipinski definition) is 1. The average Bonchev–Trinajstić information content (AvgIpc) is 2.94. The number of benzene rings is 1. The van der Waals surface area contributed by atoms with Crippen molar-refractivity contribution >= 4 is 22.4 Å². The van der Waals surface area contributed by atoms with E-state index in [2.05, 4.69) is 10.3 Å². The molecule has 1 aromatic carbocycles. The van der Waals surface area contributed by atoms with Crippen molar-refractivity contribution in [2.75, 3.05) is 11.9 Å². The Morgan fingerprint density at radius 1 is 1.37 bits per heavy atom. The van der Waals surface area contributed by atoms with Crippen molar-refractivity contribution < 1.29 is 9.53 Å². The minimum absolute atomic E-state index is 0.0561. The molecule has 2 heterocycles. The maximum atomic E-state index is 12.1. The molecule has 2 aromatic rings. The van der Waals surface area contributed by atoms with Gasteiger partial charge >= 0.3 is 0 Å². The number of rotatable bonds is 2. The van der Waals surface area contributed by atoms with E-state index in [-0.39, 0.29) is 12.0 Å². The topological polar surface area (TPSA) is 51.2 Å². The standard InChI is InChI=1S/C15H16N2O2/c1-10-11-4-2-5-13(12(11)7-8-16-10)17-15(18)14-6-3-9-19-14/h2,4-5,7-8,14H,3,6,9H2,1H3,(H,17,18). The van der Waals surface area contributed by atoms with Crippen LogP contribution in [0.15, 0.2) is 30.5 Å². The molecule has 1 saturated heterocycles. The highest BCUT2D eigenvalue weighted by Crippen LogP contribution is 2.25. The summed E-state index contributed by atoms with van der Waals surface area (Å²) in [6.07, 6.45) is 3.21. The summed E-state index contributed by atoms with van der Waals surface area (Å²) in [6.45, 7) is 2.64. The number of nitrogens with one attached hydrogen (secondary N) is 1. The van der Waals surface area contributed by atoms with Crippen LogP contribution in [0.1, 0.15) is 18.5 Å². The SMILES string of the molecule is Cc1nccc2c(NC(=O)C3CCCO3)cccc12. The molecule has 0 bridgehead atoms. The number of carbonyl (C=O) groups is 1. The Balaban J connectivity index is 1.92. The molecule has 1 N–H and O–H groups in total. The molecule has 3 rings (SSSR count). The van der Waals surface area contributed by atoms with E-state index < -0.39 is 0 Å². The Morgan fingerprint density at radius 2 is 2.26 bits per heavy atom. The van der Waals surface area contributed by atoms with E-state index in [1.807, 2.05) is 31.2 Å². The van der Waals surface area contributed by atoms with Crippen LogP contribution in [0.5, 0.6) is 0 Å². The summed E-state index contributed by atoms with van der Waals surface area (Å²) in [6, 6.07) is 7.78. The Bertz CT molecular complexity index is 619. The molecular weight excluding hydrogens is 240 g/mol. The van der Waals surface area contributed by atoms with Crippen molar-refractivity contribution in [3.63, 3.8) is 0 Å². The minimum Gasteiger partial charge on any atom is -0.368 e. The van der Waals surface area contributed by atoms with Crippen LogP contribution in [0, 0.1) is 6.92 Å². The van der Waals surface area contributed by atoms with Gasteiger partial charge in [0.05, 0.1) is 0 Å². The third-order valence-electron chi connectivity index (χ3n) is 3.49.